The van der Waals surface area contributed by atoms with E-state index in [4.69, 9.17) is 27.9 Å². The van der Waals surface area contributed by atoms with Gasteiger partial charge >= 0.3 is 0 Å². The quantitative estimate of drug-likeness (QED) is 0.618. The number of benzene rings is 3. The third-order valence-electron chi connectivity index (χ3n) is 3.27. The van der Waals surface area contributed by atoms with Crippen molar-refractivity contribution in [3.63, 3.8) is 0 Å². The van der Waals surface area contributed by atoms with E-state index < -0.39 is 0 Å². The van der Waals surface area contributed by atoms with Crippen LogP contribution in [0.3, 0.4) is 0 Å². The van der Waals surface area contributed by atoms with Crippen molar-refractivity contribution >= 4 is 34.8 Å². The Morgan fingerprint density at radius 3 is 2.17 bits per heavy atom. The molecule has 0 aliphatic rings. The summed E-state index contributed by atoms with van der Waals surface area (Å²) in [5.41, 5.74) is 1.01. The maximum Gasteiger partial charge on any atom is 0.257 e. The third-order valence-corrected chi connectivity index (χ3v) is 3.81. The van der Waals surface area contributed by atoms with Crippen molar-refractivity contribution in [3.8, 4) is 11.5 Å². The van der Waals surface area contributed by atoms with E-state index in [9.17, 15) is 4.79 Å². The minimum Gasteiger partial charge on any atom is -0.457 e. The van der Waals surface area contributed by atoms with Crippen LogP contribution in [-0.4, -0.2) is 5.91 Å². The van der Waals surface area contributed by atoms with E-state index in [0.717, 1.165) is 5.75 Å². The summed E-state index contributed by atoms with van der Waals surface area (Å²) in [6.45, 7) is 0. The fraction of sp³-hybridized carbons (Fsp3) is 0. The first-order chi connectivity index (χ1) is 11.6. The van der Waals surface area contributed by atoms with Crippen molar-refractivity contribution in [3.05, 3.63) is 88.4 Å². The van der Waals surface area contributed by atoms with E-state index in [1.807, 2.05) is 30.3 Å². The molecule has 3 rings (SSSR count). The Morgan fingerprint density at radius 2 is 1.50 bits per heavy atom. The molecule has 0 heterocycles. The lowest BCUT2D eigenvalue weighted by atomic mass is 10.2. The van der Waals surface area contributed by atoms with Crippen molar-refractivity contribution in [2.75, 3.05) is 5.32 Å². The molecule has 1 amide bonds. The van der Waals surface area contributed by atoms with Gasteiger partial charge in [-0.15, -0.1) is 0 Å². The molecule has 0 aliphatic carbocycles. The van der Waals surface area contributed by atoms with Crippen LogP contribution in [0.1, 0.15) is 10.4 Å². The van der Waals surface area contributed by atoms with Gasteiger partial charge in [-0.25, -0.2) is 0 Å². The number of hydrogen-bond donors (Lipinski definition) is 1. The average molecular weight is 358 g/mol. The Hall–Kier alpha value is -2.49. The number of hydrogen-bond acceptors (Lipinski definition) is 2. The molecule has 0 unspecified atom stereocenters. The number of nitrogens with one attached hydrogen (secondary N) is 1. The highest BCUT2D eigenvalue weighted by Gasteiger charge is 2.11. The second-order valence-corrected chi connectivity index (χ2v) is 5.86. The molecule has 120 valence electrons. The summed E-state index contributed by atoms with van der Waals surface area (Å²) < 4.78 is 5.71. The van der Waals surface area contributed by atoms with Crippen LogP contribution >= 0.6 is 23.2 Å². The number of carbonyl (C=O) groups excluding carboxylic acids is 1. The van der Waals surface area contributed by atoms with Crippen LogP contribution in [0.25, 0.3) is 0 Å². The predicted molar refractivity (Wildman–Crippen MR) is 97.4 cm³/mol. The highest BCUT2D eigenvalue weighted by molar-refractivity contribution is 6.37. The van der Waals surface area contributed by atoms with Gasteiger partial charge in [0.1, 0.15) is 11.5 Å². The maximum absolute atomic E-state index is 12.3. The Balaban J connectivity index is 1.68. The molecule has 3 aromatic carbocycles. The van der Waals surface area contributed by atoms with Gasteiger partial charge in [0.15, 0.2) is 0 Å². The highest BCUT2D eigenvalue weighted by Crippen LogP contribution is 2.24. The Bertz CT molecular complexity index is 849. The van der Waals surface area contributed by atoms with Gasteiger partial charge in [-0.05, 0) is 54.6 Å². The van der Waals surface area contributed by atoms with Crippen LogP contribution in [0, 0.1) is 0 Å². The second-order valence-electron chi connectivity index (χ2n) is 5.02. The Morgan fingerprint density at radius 1 is 0.833 bits per heavy atom. The van der Waals surface area contributed by atoms with Crippen LogP contribution in [0.15, 0.2) is 72.8 Å². The molecule has 0 atom stereocenters. The molecular formula is C19H13Cl2NO2. The van der Waals surface area contributed by atoms with Gasteiger partial charge in [0.2, 0.25) is 0 Å². The van der Waals surface area contributed by atoms with Gasteiger partial charge in [-0.1, -0.05) is 41.4 Å². The van der Waals surface area contributed by atoms with Crippen LogP contribution < -0.4 is 10.1 Å². The molecule has 0 saturated carbocycles. The molecular weight excluding hydrogens is 345 g/mol. The SMILES string of the molecule is O=C(Nc1ccc(Oc2ccccc2)cc1)c1ccc(Cl)cc1Cl. The summed E-state index contributed by atoms with van der Waals surface area (Å²) in [5.74, 6) is 1.14. The summed E-state index contributed by atoms with van der Waals surface area (Å²) in [4.78, 5) is 12.3. The lowest BCUT2D eigenvalue weighted by molar-refractivity contribution is 0.102. The van der Waals surface area contributed by atoms with Gasteiger partial charge in [-0.2, -0.15) is 0 Å². The lowest BCUT2D eigenvalue weighted by Crippen LogP contribution is -2.12. The van der Waals surface area contributed by atoms with Gasteiger partial charge in [0.25, 0.3) is 5.91 Å². The molecule has 0 radical (unpaired) electrons. The van der Waals surface area contributed by atoms with E-state index in [0.29, 0.717) is 27.0 Å². The molecule has 0 fully saturated rings. The van der Waals surface area contributed by atoms with Crippen molar-refractivity contribution < 1.29 is 9.53 Å². The van der Waals surface area contributed by atoms with Gasteiger partial charge in [0.05, 0.1) is 10.6 Å². The smallest absolute Gasteiger partial charge is 0.257 e. The summed E-state index contributed by atoms with van der Waals surface area (Å²) >= 11 is 11.9. The predicted octanol–water partition coefficient (Wildman–Crippen LogP) is 6.04. The molecule has 0 saturated heterocycles. The van der Waals surface area contributed by atoms with Crippen LogP contribution in [-0.2, 0) is 0 Å². The lowest BCUT2D eigenvalue weighted by Gasteiger charge is -2.09. The summed E-state index contributed by atoms with van der Waals surface area (Å²) in [7, 11) is 0. The van der Waals surface area contributed by atoms with E-state index in [2.05, 4.69) is 5.32 Å². The minimum absolute atomic E-state index is 0.298. The molecule has 0 aliphatic heterocycles. The number of carbonyl (C=O) groups is 1. The summed E-state index contributed by atoms with van der Waals surface area (Å²) in [6.07, 6.45) is 0. The minimum atomic E-state index is -0.298. The van der Waals surface area contributed by atoms with Crippen LogP contribution in [0.4, 0.5) is 5.69 Å². The molecule has 0 bridgehead atoms. The first-order valence-electron chi connectivity index (χ1n) is 7.21. The zero-order valence-electron chi connectivity index (χ0n) is 12.5. The number of halogens is 2. The fourth-order valence-electron chi connectivity index (χ4n) is 2.10. The zero-order chi connectivity index (χ0) is 16.9. The molecule has 3 nitrogen and oxygen atoms in total. The highest BCUT2D eigenvalue weighted by atomic mass is 35.5. The number of rotatable bonds is 4. The molecule has 1 N–H and O–H groups in total. The number of para-hydroxylation sites is 1. The van der Waals surface area contributed by atoms with E-state index in [1.54, 1.807) is 36.4 Å². The summed E-state index contributed by atoms with van der Waals surface area (Å²) in [5, 5.41) is 3.58. The van der Waals surface area contributed by atoms with Crippen molar-refractivity contribution in [1.29, 1.82) is 0 Å². The molecule has 24 heavy (non-hydrogen) atoms. The Labute approximate surface area is 149 Å². The van der Waals surface area contributed by atoms with E-state index in [1.165, 1.54) is 6.07 Å². The average Bonchev–Trinajstić information content (AvgIpc) is 2.57. The topological polar surface area (TPSA) is 38.3 Å². The first kappa shape index (κ1) is 16.4. The van der Waals surface area contributed by atoms with Gasteiger partial charge in [0, 0.05) is 10.7 Å². The van der Waals surface area contributed by atoms with Crippen molar-refractivity contribution in [2.24, 2.45) is 0 Å². The molecule has 0 aromatic heterocycles. The maximum atomic E-state index is 12.3. The number of amides is 1. The van der Waals surface area contributed by atoms with Crippen LogP contribution in [0.5, 0.6) is 11.5 Å². The second kappa shape index (κ2) is 7.39. The molecule has 0 spiro atoms. The fourth-order valence-corrected chi connectivity index (χ4v) is 2.60. The monoisotopic (exact) mass is 357 g/mol. The largest absolute Gasteiger partial charge is 0.457 e. The van der Waals surface area contributed by atoms with E-state index in [-0.39, 0.29) is 5.91 Å². The van der Waals surface area contributed by atoms with Gasteiger partial charge in [-0.3, -0.25) is 4.79 Å². The summed E-state index contributed by atoms with van der Waals surface area (Å²) in [6, 6.07) is 21.3. The first-order valence-corrected chi connectivity index (χ1v) is 7.97. The number of ether oxygens (including phenoxy) is 1. The van der Waals surface area contributed by atoms with Gasteiger partial charge < -0.3 is 10.1 Å². The molecule has 5 heteroatoms. The molecule has 3 aromatic rings. The standard InChI is InChI=1S/C19H13Cl2NO2/c20-13-6-11-17(18(21)12-13)19(23)22-14-7-9-16(10-8-14)24-15-4-2-1-3-5-15/h1-12H,(H,22,23). The van der Waals surface area contributed by atoms with Crippen molar-refractivity contribution in [1.82, 2.24) is 0 Å². The van der Waals surface area contributed by atoms with Crippen LogP contribution in [0.2, 0.25) is 10.0 Å². The van der Waals surface area contributed by atoms with Crippen molar-refractivity contribution in [2.45, 2.75) is 0 Å². The zero-order valence-corrected chi connectivity index (χ0v) is 14.0. The Kier molecular flexibility index (Phi) is 5.04. The number of anilines is 1. The normalized spacial score (nSPS) is 10.2. The van der Waals surface area contributed by atoms with E-state index >= 15 is 0 Å². The third kappa shape index (κ3) is 4.07.